The first-order chi connectivity index (χ1) is 12.4. The van der Waals surface area contributed by atoms with Gasteiger partial charge in [-0.25, -0.2) is 4.98 Å². The second kappa shape index (κ2) is 7.86. The van der Waals surface area contributed by atoms with Crippen LogP contribution in [-0.2, 0) is 17.5 Å². The molecule has 0 saturated heterocycles. The molecule has 1 aliphatic rings. The largest absolute Gasteiger partial charge is 0.486 e. The highest BCUT2D eigenvalue weighted by atomic mass is 32.2. The highest BCUT2D eigenvalue weighted by Crippen LogP contribution is 2.31. The summed E-state index contributed by atoms with van der Waals surface area (Å²) >= 11 is 1.07. The SMILES string of the molecule is O=C(CSc1ccc(C(F)(F)F)cn1)NCc1ccc2c(c1)OCCO2. The molecule has 0 saturated carbocycles. The Balaban J connectivity index is 1.47. The predicted molar refractivity (Wildman–Crippen MR) is 89.2 cm³/mol. The van der Waals surface area contributed by atoms with E-state index in [0.717, 1.165) is 29.6 Å². The smallest absolute Gasteiger partial charge is 0.417 e. The van der Waals surface area contributed by atoms with Gasteiger partial charge in [0, 0.05) is 12.7 Å². The van der Waals surface area contributed by atoms with Crippen LogP contribution in [0.3, 0.4) is 0 Å². The van der Waals surface area contributed by atoms with E-state index < -0.39 is 11.7 Å². The number of benzene rings is 1. The summed E-state index contributed by atoms with van der Waals surface area (Å²) in [6, 6.07) is 7.62. The van der Waals surface area contributed by atoms with Crippen LogP contribution >= 0.6 is 11.8 Å². The Morgan fingerprint density at radius 2 is 1.92 bits per heavy atom. The van der Waals surface area contributed by atoms with Crippen molar-refractivity contribution in [1.29, 1.82) is 0 Å². The third-order valence-corrected chi connectivity index (χ3v) is 4.45. The number of nitrogens with zero attached hydrogens (tertiary/aromatic N) is 1. The molecule has 0 atom stereocenters. The molecule has 26 heavy (non-hydrogen) atoms. The van der Waals surface area contributed by atoms with E-state index in [1.807, 2.05) is 6.07 Å². The van der Waals surface area contributed by atoms with E-state index in [1.165, 1.54) is 6.07 Å². The Bertz CT molecular complexity index is 782. The summed E-state index contributed by atoms with van der Waals surface area (Å²) in [5.74, 6) is 1.14. The summed E-state index contributed by atoms with van der Waals surface area (Å²) in [6.45, 7) is 1.31. The first-order valence-electron chi connectivity index (χ1n) is 7.73. The van der Waals surface area contributed by atoms with Crippen molar-refractivity contribution in [3.63, 3.8) is 0 Å². The average molecular weight is 384 g/mol. The highest BCUT2D eigenvalue weighted by molar-refractivity contribution is 7.99. The summed E-state index contributed by atoms with van der Waals surface area (Å²) in [5.41, 5.74) is 0.0464. The average Bonchev–Trinajstić information content (AvgIpc) is 2.64. The lowest BCUT2D eigenvalue weighted by molar-refractivity contribution is -0.137. The number of pyridine rings is 1. The number of thioether (sulfide) groups is 1. The standard InChI is InChI=1S/C17H15F3N2O3S/c18-17(19,20)12-2-4-16(22-9-12)26-10-15(23)21-8-11-1-3-13-14(7-11)25-6-5-24-13/h1-4,7,9H,5-6,8,10H2,(H,21,23). The van der Waals surface area contributed by atoms with Crippen molar-refractivity contribution in [3.8, 4) is 11.5 Å². The van der Waals surface area contributed by atoms with Gasteiger partial charge >= 0.3 is 6.18 Å². The van der Waals surface area contributed by atoms with E-state index in [0.29, 0.717) is 36.3 Å². The number of carbonyl (C=O) groups is 1. The Morgan fingerprint density at radius 3 is 2.62 bits per heavy atom. The van der Waals surface area contributed by atoms with Crippen LogP contribution in [0.5, 0.6) is 11.5 Å². The number of aromatic nitrogens is 1. The van der Waals surface area contributed by atoms with Gasteiger partial charge < -0.3 is 14.8 Å². The van der Waals surface area contributed by atoms with Crippen molar-refractivity contribution in [2.24, 2.45) is 0 Å². The quantitative estimate of drug-likeness (QED) is 0.802. The normalized spacial score (nSPS) is 13.3. The van der Waals surface area contributed by atoms with Gasteiger partial charge in [0.15, 0.2) is 11.5 Å². The maximum Gasteiger partial charge on any atom is 0.417 e. The van der Waals surface area contributed by atoms with Crippen LogP contribution in [0.4, 0.5) is 13.2 Å². The first-order valence-corrected chi connectivity index (χ1v) is 8.71. The maximum absolute atomic E-state index is 12.5. The number of amides is 1. The van der Waals surface area contributed by atoms with E-state index in [-0.39, 0.29) is 11.7 Å². The molecule has 0 fully saturated rings. The number of rotatable bonds is 5. The fourth-order valence-electron chi connectivity index (χ4n) is 2.22. The van der Waals surface area contributed by atoms with Crippen LogP contribution in [0, 0.1) is 0 Å². The van der Waals surface area contributed by atoms with Crippen molar-refractivity contribution in [2.75, 3.05) is 19.0 Å². The topological polar surface area (TPSA) is 60.5 Å². The zero-order valence-corrected chi connectivity index (χ0v) is 14.3. The fourth-order valence-corrected chi connectivity index (χ4v) is 2.89. The number of alkyl halides is 3. The molecule has 2 aromatic rings. The minimum atomic E-state index is -4.42. The molecule has 0 bridgehead atoms. The Hall–Kier alpha value is -2.42. The van der Waals surface area contributed by atoms with Crippen LogP contribution in [0.2, 0.25) is 0 Å². The van der Waals surface area contributed by atoms with Crippen LogP contribution in [-0.4, -0.2) is 29.9 Å². The molecule has 3 rings (SSSR count). The fraction of sp³-hybridized carbons (Fsp3) is 0.294. The molecular formula is C17H15F3N2O3S. The van der Waals surface area contributed by atoms with Gasteiger partial charge in [0.05, 0.1) is 16.3 Å². The zero-order chi connectivity index (χ0) is 18.6. The summed E-state index contributed by atoms with van der Waals surface area (Å²) in [4.78, 5) is 15.6. The van der Waals surface area contributed by atoms with Gasteiger partial charge in [-0.05, 0) is 29.8 Å². The maximum atomic E-state index is 12.5. The first kappa shape index (κ1) is 18.4. The number of ether oxygens (including phenoxy) is 2. The second-order valence-electron chi connectivity index (χ2n) is 5.43. The Labute approximate surface area is 151 Å². The minimum absolute atomic E-state index is 0.0584. The summed E-state index contributed by atoms with van der Waals surface area (Å²) in [7, 11) is 0. The number of hydrogen-bond donors (Lipinski definition) is 1. The lowest BCUT2D eigenvalue weighted by Gasteiger charge is -2.18. The van der Waals surface area contributed by atoms with Gasteiger partial charge in [-0.2, -0.15) is 13.2 Å². The molecule has 5 nitrogen and oxygen atoms in total. The molecule has 1 amide bonds. The lowest BCUT2D eigenvalue weighted by Crippen LogP contribution is -2.24. The minimum Gasteiger partial charge on any atom is -0.486 e. The van der Waals surface area contributed by atoms with Crippen molar-refractivity contribution in [2.45, 2.75) is 17.7 Å². The molecule has 1 aliphatic heterocycles. The van der Waals surface area contributed by atoms with E-state index in [9.17, 15) is 18.0 Å². The van der Waals surface area contributed by atoms with E-state index in [2.05, 4.69) is 10.3 Å². The third-order valence-electron chi connectivity index (χ3n) is 3.51. The molecule has 138 valence electrons. The van der Waals surface area contributed by atoms with Crippen LogP contribution in [0.15, 0.2) is 41.6 Å². The molecule has 9 heteroatoms. The second-order valence-corrected chi connectivity index (χ2v) is 6.42. The molecular weight excluding hydrogens is 369 g/mol. The van der Waals surface area contributed by atoms with Gasteiger partial charge in [-0.1, -0.05) is 17.8 Å². The molecule has 0 spiro atoms. The van der Waals surface area contributed by atoms with E-state index in [4.69, 9.17) is 9.47 Å². The van der Waals surface area contributed by atoms with Crippen molar-refractivity contribution in [1.82, 2.24) is 10.3 Å². The molecule has 0 radical (unpaired) electrons. The van der Waals surface area contributed by atoms with Gasteiger partial charge in [0.25, 0.3) is 0 Å². The number of hydrogen-bond acceptors (Lipinski definition) is 5. The number of halogens is 3. The highest BCUT2D eigenvalue weighted by Gasteiger charge is 2.30. The predicted octanol–water partition coefficient (Wildman–Crippen LogP) is 3.28. The van der Waals surface area contributed by atoms with Crippen molar-refractivity contribution >= 4 is 17.7 Å². The van der Waals surface area contributed by atoms with E-state index >= 15 is 0 Å². The van der Waals surface area contributed by atoms with Crippen LogP contribution < -0.4 is 14.8 Å². The van der Waals surface area contributed by atoms with Crippen molar-refractivity contribution < 1.29 is 27.4 Å². The third kappa shape index (κ3) is 4.81. The van der Waals surface area contributed by atoms with Gasteiger partial charge in [0.1, 0.15) is 13.2 Å². The summed E-state index contributed by atoms with van der Waals surface area (Å²) < 4.78 is 48.3. The zero-order valence-electron chi connectivity index (χ0n) is 13.5. The summed E-state index contributed by atoms with van der Waals surface area (Å²) in [5, 5.41) is 3.10. The van der Waals surface area contributed by atoms with Gasteiger partial charge in [0.2, 0.25) is 5.91 Å². The van der Waals surface area contributed by atoms with Crippen molar-refractivity contribution in [3.05, 3.63) is 47.7 Å². The number of carbonyl (C=O) groups excluding carboxylic acids is 1. The molecule has 1 aromatic carbocycles. The van der Waals surface area contributed by atoms with Crippen LogP contribution in [0.1, 0.15) is 11.1 Å². The van der Waals surface area contributed by atoms with Gasteiger partial charge in [-0.15, -0.1) is 0 Å². The lowest BCUT2D eigenvalue weighted by atomic mass is 10.2. The monoisotopic (exact) mass is 384 g/mol. The molecule has 0 unspecified atom stereocenters. The molecule has 2 heterocycles. The van der Waals surface area contributed by atoms with Gasteiger partial charge in [-0.3, -0.25) is 4.79 Å². The molecule has 1 N–H and O–H groups in total. The van der Waals surface area contributed by atoms with Crippen LogP contribution in [0.25, 0.3) is 0 Å². The summed E-state index contributed by atoms with van der Waals surface area (Å²) in [6.07, 6.45) is -3.66. The van der Waals surface area contributed by atoms with E-state index in [1.54, 1.807) is 12.1 Å². The Morgan fingerprint density at radius 1 is 1.15 bits per heavy atom. The number of nitrogens with one attached hydrogen (secondary N) is 1. The molecule has 1 aromatic heterocycles. The Kier molecular flexibility index (Phi) is 5.55. The number of fused-ring (bicyclic) bond motifs is 1. The molecule has 0 aliphatic carbocycles.